The van der Waals surface area contributed by atoms with Crippen LogP contribution in [0.1, 0.15) is 53.6 Å². The van der Waals surface area contributed by atoms with E-state index in [1.54, 1.807) is 25.3 Å². The van der Waals surface area contributed by atoms with E-state index in [1.165, 1.54) is 15.9 Å². The van der Waals surface area contributed by atoms with E-state index in [9.17, 15) is 14.4 Å². The molecule has 0 radical (unpaired) electrons. The summed E-state index contributed by atoms with van der Waals surface area (Å²) < 4.78 is 1.36. The van der Waals surface area contributed by atoms with E-state index in [2.05, 4.69) is 26.1 Å². The van der Waals surface area contributed by atoms with Crippen LogP contribution in [0.2, 0.25) is 0 Å². The number of amides is 2. The lowest BCUT2D eigenvalue weighted by Crippen LogP contribution is -2.28. The first-order chi connectivity index (χ1) is 13.1. The highest BCUT2D eigenvalue weighted by Gasteiger charge is 2.33. The molecule has 2 aromatic rings. The monoisotopic (exact) mass is 401 g/mol. The van der Waals surface area contributed by atoms with Crippen LogP contribution in [0.4, 0.5) is 5.00 Å². The van der Waals surface area contributed by atoms with E-state index in [4.69, 9.17) is 5.73 Å². The summed E-state index contributed by atoms with van der Waals surface area (Å²) >= 11 is 1.44. The number of rotatable bonds is 4. The first-order valence-electron chi connectivity index (χ1n) is 9.48. The molecule has 0 saturated heterocycles. The Morgan fingerprint density at radius 2 is 2.07 bits per heavy atom. The van der Waals surface area contributed by atoms with Gasteiger partial charge in [0.15, 0.2) is 0 Å². The molecule has 0 saturated carbocycles. The summed E-state index contributed by atoms with van der Waals surface area (Å²) in [4.78, 5) is 37.9. The van der Waals surface area contributed by atoms with Crippen molar-refractivity contribution in [1.82, 2.24) is 4.57 Å². The van der Waals surface area contributed by atoms with Gasteiger partial charge in [0.2, 0.25) is 5.91 Å². The summed E-state index contributed by atoms with van der Waals surface area (Å²) in [5.74, 6) is -0.343. The van der Waals surface area contributed by atoms with Gasteiger partial charge >= 0.3 is 0 Å². The predicted octanol–water partition coefficient (Wildman–Crippen LogP) is 3.11. The van der Waals surface area contributed by atoms with Gasteiger partial charge in [-0.2, -0.15) is 0 Å². The number of aromatic nitrogens is 1. The quantitative estimate of drug-likeness (QED) is 0.824. The van der Waals surface area contributed by atoms with Crippen molar-refractivity contribution in [2.75, 3.05) is 5.32 Å². The van der Waals surface area contributed by atoms with Crippen molar-refractivity contribution in [2.24, 2.45) is 17.1 Å². The number of primary amides is 1. The van der Waals surface area contributed by atoms with E-state index in [-0.39, 0.29) is 23.4 Å². The van der Waals surface area contributed by atoms with Gasteiger partial charge in [-0.15, -0.1) is 11.3 Å². The van der Waals surface area contributed by atoms with Crippen LogP contribution in [0.5, 0.6) is 0 Å². The molecule has 0 aliphatic heterocycles. The lowest BCUT2D eigenvalue weighted by Gasteiger charge is -2.33. The zero-order valence-electron chi connectivity index (χ0n) is 16.8. The fourth-order valence-electron chi connectivity index (χ4n) is 3.78. The molecule has 1 unspecified atom stereocenters. The number of thiophene rings is 1. The summed E-state index contributed by atoms with van der Waals surface area (Å²) in [5, 5.41) is 3.31. The van der Waals surface area contributed by atoms with Crippen LogP contribution in [0.25, 0.3) is 0 Å². The molecule has 6 nitrogen and oxygen atoms in total. The molecule has 3 N–H and O–H groups in total. The van der Waals surface area contributed by atoms with Gasteiger partial charge in [0.05, 0.1) is 5.56 Å². The number of nitrogens with one attached hydrogen (secondary N) is 1. The third kappa shape index (κ3) is 4.04. The standard InChI is InChI=1S/C21H27N3O3S/c1-12-6-5-9-24(20(12)27)11-16(25)23-19-17(18(22)26)14-8-7-13(21(2,3)4)10-15(14)28-19/h5-6,9,13H,7-8,10-11H2,1-4H3,(H2,22,26)(H,23,25). The normalized spacial score (nSPS) is 16.5. The Morgan fingerprint density at radius 3 is 2.71 bits per heavy atom. The van der Waals surface area contributed by atoms with Gasteiger partial charge in [0, 0.05) is 16.6 Å². The van der Waals surface area contributed by atoms with Crippen molar-refractivity contribution in [3.63, 3.8) is 0 Å². The Hall–Kier alpha value is -2.41. The number of fused-ring (bicyclic) bond motifs is 1. The van der Waals surface area contributed by atoms with E-state index in [1.807, 2.05) is 0 Å². The first-order valence-corrected chi connectivity index (χ1v) is 10.3. The average Bonchev–Trinajstić information content (AvgIpc) is 2.95. The highest BCUT2D eigenvalue weighted by molar-refractivity contribution is 7.17. The molecular weight excluding hydrogens is 374 g/mol. The van der Waals surface area contributed by atoms with Gasteiger partial charge in [-0.3, -0.25) is 14.4 Å². The van der Waals surface area contributed by atoms with Crippen molar-refractivity contribution in [2.45, 2.75) is 53.5 Å². The SMILES string of the molecule is Cc1cccn(CC(=O)Nc2sc3c(c2C(N)=O)CCC(C(C)(C)C)C3)c1=O. The summed E-state index contributed by atoms with van der Waals surface area (Å²) in [6, 6.07) is 3.44. The summed E-state index contributed by atoms with van der Waals surface area (Å²) in [6.45, 7) is 8.29. The molecular formula is C21H27N3O3S. The first kappa shape index (κ1) is 20.3. The number of nitrogens with zero attached hydrogens (tertiary/aromatic N) is 1. The van der Waals surface area contributed by atoms with E-state index in [0.717, 1.165) is 29.7 Å². The second kappa shape index (κ2) is 7.54. The lowest BCUT2D eigenvalue weighted by atomic mass is 9.72. The molecule has 0 aromatic carbocycles. The van der Waals surface area contributed by atoms with Gasteiger partial charge in [0.1, 0.15) is 11.5 Å². The predicted molar refractivity (Wildman–Crippen MR) is 112 cm³/mol. The molecule has 1 atom stereocenters. The lowest BCUT2D eigenvalue weighted by molar-refractivity contribution is -0.116. The fourth-order valence-corrected chi connectivity index (χ4v) is 5.12. The van der Waals surface area contributed by atoms with Crippen LogP contribution in [-0.2, 0) is 24.2 Å². The molecule has 0 fully saturated rings. The highest BCUT2D eigenvalue weighted by Crippen LogP contribution is 2.44. The smallest absolute Gasteiger partial charge is 0.253 e. The summed E-state index contributed by atoms with van der Waals surface area (Å²) in [5.41, 5.74) is 7.60. The number of hydrogen-bond acceptors (Lipinski definition) is 4. The number of carbonyl (C=O) groups excluding carboxylic acids is 2. The average molecular weight is 402 g/mol. The Bertz CT molecular complexity index is 982. The van der Waals surface area contributed by atoms with Crippen LogP contribution in [0.3, 0.4) is 0 Å². The van der Waals surface area contributed by atoms with Gasteiger partial charge in [-0.25, -0.2) is 0 Å². The molecule has 1 aliphatic rings. The Labute approximate surface area is 168 Å². The fraction of sp³-hybridized carbons (Fsp3) is 0.476. The minimum absolute atomic E-state index is 0.105. The molecule has 2 aromatic heterocycles. The molecule has 0 spiro atoms. The molecule has 2 amide bonds. The van der Waals surface area contributed by atoms with Crippen molar-refractivity contribution in [3.05, 3.63) is 50.3 Å². The third-order valence-electron chi connectivity index (χ3n) is 5.51. The number of aryl methyl sites for hydroxylation is 1. The minimum Gasteiger partial charge on any atom is -0.365 e. The van der Waals surface area contributed by atoms with Crippen LogP contribution in [0, 0.1) is 18.3 Å². The topological polar surface area (TPSA) is 94.2 Å². The minimum atomic E-state index is -0.519. The van der Waals surface area contributed by atoms with Gasteiger partial charge in [0.25, 0.3) is 11.5 Å². The van der Waals surface area contributed by atoms with Gasteiger partial charge in [-0.05, 0) is 49.1 Å². The second-order valence-corrected chi connectivity index (χ2v) is 9.66. The maximum Gasteiger partial charge on any atom is 0.253 e. The third-order valence-corrected chi connectivity index (χ3v) is 6.68. The zero-order valence-corrected chi connectivity index (χ0v) is 17.6. The number of hydrogen-bond donors (Lipinski definition) is 2. The molecule has 1 aliphatic carbocycles. The van der Waals surface area contributed by atoms with E-state index < -0.39 is 5.91 Å². The van der Waals surface area contributed by atoms with Crippen LogP contribution in [-0.4, -0.2) is 16.4 Å². The summed E-state index contributed by atoms with van der Waals surface area (Å²) in [6.07, 6.45) is 4.26. The van der Waals surface area contributed by atoms with Crippen molar-refractivity contribution in [3.8, 4) is 0 Å². The molecule has 7 heteroatoms. The number of nitrogens with two attached hydrogens (primary N) is 1. The number of pyridine rings is 1. The van der Waals surface area contributed by atoms with Crippen LogP contribution < -0.4 is 16.6 Å². The number of anilines is 1. The van der Waals surface area contributed by atoms with Crippen molar-refractivity contribution in [1.29, 1.82) is 0 Å². The van der Waals surface area contributed by atoms with Crippen molar-refractivity contribution >= 4 is 28.2 Å². The summed E-state index contributed by atoms with van der Waals surface area (Å²) in [7, 11) is 0. The highest BCUT2D eigenvalue weighted by atomic mass is 32.1. The van der Waals surface area contributed by atoms with Gasteiger partial charge in [-0.1, -0.05) is 26.8 Å². The van der Waals surface area contributed by atoms with Crippen molar-refractivity contribution < 1.29 is 9.59 Å². The molecule has 2 heterocycles. The van der Waals surface area contributed by atoms with Crippen LogP contribution in [0.15, 0.2) is 23.1 Å². The number of carbonyl (C=O) groups is 2. The Kier molecular flexibility index (Phi) is 5.48. The maximum absolute atomic E-state index is 12.5. The second-order valence-electron chi connectivity index (χ2n) is 8.55. The largest absolute Gasteiger partial charge is 0.365 e. The Morgan fingerprint density at radius 1 is 1.36 bits per heavy atom. The maximum atomic E-state index is 12.5. The molecule has 28 heavy (non-hydrogen) atoms. The zero-order chi connectivity index (χ0) is 20.6. The van der Waals surface area contributed by atoms with E-state index >= 15 is 0 Å². The van der Waals surface area contributed by atoms with Crippen LogP contribution >= 0.6 is 11.3 Å². The molecule has 3 rings (SSSR count). The molecule has 150 valence electrons. The van der Waals surface area contributed by atoms with E-state index in [0.29, 0.717) is 22.0 Å². The molecule has 0 bridgehead atoms. The van der Waals surface area contributed by atoms with Gasteiger partial charge < -0.3 is 15.6 Å². The Balaban J connectivity index is 1.85.